The summed E-state index contributed by atoms with van der Waals surface area (Å²) < 4.78 is 0. The van der Waals surface area contributed by atoms with Gasteiger partial charge in [-0.1, -0.05) is 80.1 Å². The van der Waals surface area contributed by atoms with Crippen LogP contribution >= 0.6 is 0 Å². The van der Waals surface area contributed by atoms with Gasteiger partial charge in [0.25, 0.3) is 0 Å². The topological polar surface area (TPSA) is 124 Å². The molecule has 2 saturated heterocycles. The second-order valence-corrected chi connectivity index (χ2v) is 19.1. The quantitative estimate of drug-likeness (QED) is 0.195. The zero-order chi connectivity index (χ0) is 37.5. The van der Waals surface area contributed by atoms with E-state index < -0.39 is 35.3 Å². The van der Waals surface area contributed by atoms with Crippen LogP contribution in [0.25, 0.3) is 0 Å². The van der Waals surface area contributed by atoms with Crippen LogP contribution in [0, 0.1) is 39.4 Å². The summed E-state index contributed by atoms with van der Waals surface area (Å²) in [4.78, 5) is 74.0. The number of carboxylic acids is 1. The number of Topliss-reactive ketones (excluding diaryl/α,β-unsaturated/α-hetero) is 2. The summed E-state index contributed by atoms with van der Waals surface area (Å²) in [6.07, 6.45) is 12.7. The number of likely N-dealkylation sites (tertiary alicyclic amines) is 2. The average molecular weight is 712 g/mol. The summed E-state index contributed by atoms with van der Waals surface area (Å²) in [5.74, 6) is -2.84. The van der Waals surface area contributed by atoms with Crippen molar-refractivity contribution in [1.82, 2.24) is 15.1 Å². The molecular formula is C42H69N3O6. The van der Waals surface area contributed by atoms with E-state index in [9.17, 15) is 24.3 Å². The first-order valence-electron chi connectivity index (χ1n) is 20.6. The Morgan fingerprint density at radius 3 is 2.04 bits per heavy atom. The fraction of sp³-hybridized carbons (Fsp3) is 0.881. The lowest BCUT2D eigenvalue weighted by Gasteiger charge is -2.40. The molecule has 0 unspecified atom stereocenters. The maximum atomic E-state index is 15.0. The van der Waals surface area contributed by atoms with Gasteiger partial charge in [-0.2, -0.15) is 0 Å². The van der Waals surface area contributed by atoms with Gasteiger partial charge in [-0.05, 0) is 93.9 Å². The molecule has 3 aliphatic carbocycles. The minimum absolute atomic E-state index is 0.00880. The van der Waals surface area contributed by atoms with Crippen LogP contribution in [0.15, 0.2) is 0 Å². The molecule has 2 amide bonds. The number of rotatable bonds is 14. The number of hydrogen-bond acceptors (Lipinski definition) is 6. The molecule has 288 valence electrons. The number of carbonyl (C=O) groups excluding carboxylic acids is 4. The molecule has 51 heavy (non-hydrogen) atoms. The molecule has 3 saturated carbocycles. The van der Waals surface area contributed by atoms with Gasteiger partial charge in [-0.3, -0.25) is 28.9 Å². The van der Waals surface area contributed by atoms with Crippen LogP contribution in [-0.4, -0.2) is 81.5 Å². The molecule has 9 nitrogen and oxygen atoms in total. The highest BCUT2D eigenvalue weighted by atomic mass is 16.4. The van der Waals surface area contributed by atoms with Crippen LogP contribution in [0.4, 0.5) is 0 Å². The van der Waals surface area contributed by atoms with Crippen LogP contribution in [0.1, 0.15) is 158 Å². The molecule has 0 radical (unpaired) electrons. The Balaban J connectivity index is 1.42. The zero-order valence-electron chi connectivity index (χ0n) is 33.2. The third-order valence-corrected chi connectivity index (χ3v) is 14.9. The molecular weight excluding hydrogens is 642 g/mol. The van der Waals surface area contributed by atoms with E-state index in [1.165, 1.54) is 0 Å². The summed E-state index contributed by atoms with van der Waals surface area (Å²) in [6, 6.07) is -1.35. The average Bonchev–Trinajstić information content (AvgIpc) is 3.27. The summed E-state index contributed by atoms with van der Waals surface area (Å²) in [7, 11) is 0. The molecule has 2 aliphatic heterocycles. The highest BCUT2D eigenvalue weighted by Crippen LogP contribution is 2.88. The van der Waals surface area contributed by atoms with Gasteiger partial charge in [-0.25, -0.2) is 0 Å². The van der Waals surface area contributed by atoms with E-state index in [1.807, 2.05) is 27.7 Å². The normalized spacial score (nSPS) is 29.4. The Hall–Kier alpha value is -2.29. The first-order valence-corrected chi connectivity index (χ1v) is 20.6. The predicted octanol–water partition coefficient (Wildman–Crippen LogP) is 7.19. The van der Waals surface area contributed by atoms with Gasteiger partial charge >= 0.3 is 5.97 Å². The van der Waals surface area contributed by atoms with E-state index in [-0.39, 0.29) is 70.5 Å². The van der Waals surface area contributed by atoms with Gasteiger partial charge in [0.05, 0.1) is 24.0 Å². The number of piperidine rings is 1. The molecule has 0 aromatic heterocycles. The standard InChI is InChI=1S/C42H69N3O6/c1-9-16-29(38(50)51)23-33(46)32-25-42(40(7,8)41(42)20-15-21-41)26-45(32)37(49)30(39(4,5)6)24-34(47)35(28-17-11-10-12-18-28)43-36(48)31-19-13-14-22-44(31)27(2)3/h27-32,35H,9-26H2,1-8H3,(H,43,48)(H,50,51)/t29-,30-,31+,32-,35-,42-/m0/s1. The number of aliphatic carboxylic acids is 1. The first-order chi connectivity index (χ1) is 23.9. The van der Waals surface area contributed by atoms with Crippen molar-refractivity contribution in [2.45, 2.75) is 182 Å². The molecule has 5 fully saturated rings. The van der Waals surface area contributed by atoms with Gasteiger partial charge in [0.15, 0.2) is 11.6 Å². The van der Waals surface area contributed by atoms with Gasteiger partial charge in [0.1, 0.15) is 0 Å². The molecule has 0 aromatic rings. The summed E-state index contributed by atoms with van der Waals surface area (Å²) in [5, 5.41) is 13.2. The number of nitrogens with one attached hydrogen (secondary N) is 1. The van der Waals surface area contributed by atoms with E-state index in [0.717, 1.165) is 77.2 Å². The number of amides is 2. The van der Waals surface area contributed by atoms with Crippen molar-refractivity contribution in [2.75, 3.05) is 13.1 Å². The second kappa shape index (κ2) is 15.2. The van der Waals surface area contributed by atoms with Crippen molar-refractivity contribution in [3.05, 3.63) is 0 Å². The van der Waals surface area contributed by atoms with Gasteiger partial charge < -0.3 is 15.3 Å². The molecule has 0 bridgehead atoms. The molecule has 2 spiro atoms. The van der Waals surface area contributed by atoms with Crippen molar-refractivity contribution < 1.29 is 29.1 Å². The largest absolute Gasteiger partial charge is 0.481 e. The Morgan fingerprint density at radius 2 is 1.51 bits per heavy atom. The highest BCUT2D eigenvalue weighted by Gasteiger charge is 2.85. The Kier molecular flexibility index (Phi) is 11.9. The van der Waals surface area contributed by atoms with E-state index in [2.05, 4.69) is 37.9 Å². The van der Waals surface area contributed by atoms with E-state index in [1.54, 1.807) is 4.90 Å². The summed E-state index contributed by atoms with van der Waals surface area (Å²) >= 11 is 0. The van der Waals surface area contributed by atoms with Crippen molar-refractivity contribution in [2.24, 2.45) is 39.4 Å². The Bertz CT molecular complexity index is 1320. The maximum absolute atomic E-state index is 15.0. The van der Waals surface area contributed by atoms with Crippen molar-refractivity contribution in [3.63, 3.8) is 0 Å². The molecule has 0 aromatic carbocycles. The number of hydrogen-bond donors (Lipinski definition) is 2. The lowest BCUT2D eigenvalue weighted by molar-refractivity contribution is -0.148. The van der Waals surface area contributed by atoms with Gasteiger partial charge in [-0.15, -0.1) is 0 Å². The minimum Gasteiger partial charge on any atom is -0.481 e. The summed E-state index contributed by atoms with van der Waals surface area (Å²) in [5.41, 5.74) is -0.664. The van der Waals surface area contributed by atoms with Crippen LogP contribution in [0.2, 0.25) is 0 Å². The maximum Gasteiger partial charge on any atom is 0.306 e. The molecule has 2 N–H and O–H groups in total. The number of nitrogens with zero attached hydrogens (tertiary/aromatic N) is 2. The molecule has 2 heterocycles. The van der Waals surface area contributed by atoms with Crippen molar-refractivity contribution in [1.29, 1.82) is 0 Å². The summed E-state index contributed by atoms with van der Waals surface area (Å²) in [6.45, 7) is 18.1. The number of ketones is 2. The lowest BCUT2D eigenvalue weighted by atomic mass is 9.73. The fourth-order valence-electron chi connectivity index (χ4n) is 11.5. The molecule has 9 heteroatoms. The second-order valence-electron chi connectivity index (χ2n) is 19.1. The van der Waals surface area contributed by atoms with Gasteiger partial charge in [0, 0.05) is 36.8 Å². The van der Waals surface area contributed by atoms with Gasteiger partial charge in [0.2, 0.25) is 11.8 Å². The van der Waals surface area contributed by atoms with E-state index in [0.29, 0.717) is 25.8 Å². The molecule has 5 aliphatic rings. The smallest absolute Gasteiger partial charge is 0.306 e. The monoisotopic (exact) mass is 712 g/mol. The third-order valence-electron chi connectivity index (χ3n) is 14.9. The molecule has 5 rings (SSSR count). The van der Waals surface area contributed by atoms with Crippen LogP contribution in [0.5, 0.6) is 0 Å². The van der Waals surface area contributed by atoms with Crippen molar-refractivity contribution in [3.8, 4) is 0 Å². The minimum atomic E-state index is -0.961. The number of fused-ring (bicyclic) bond motifs is 1. The third kappa shape index (κ3) is 7.32. The van der Waals surface area contributed by atoms with Crippen LogP contribution in [0.3, 0.4) is 0 Å². The molecule has 6 atom stereocenters. The zero-order valence-corrected chi connectivity index (χ0v) is 33.2. The highest BCUT2D eigenvalue weighted by molar-refractivity contribution is 5.96. The number of carboxylic acid groups (broad SMARTS) is 1. The Morgan fingerprint density at radius 1 is 0.863 bits per heavy atom. The van der Waals surface area contributed by atoms with Crippen molar-refractivity contribution >= 4 is 29.4 Å². The van der Waals surface area contributed by atoms with E-state index >= 15 is 4.79 Å². The van der Waals surface area contributed by atoms with E-state index in [4.69, 9.17) is 0 Å². The van der Waals surface area contributed by atoms with Crippen LogP contribution < -0.4 is 5.32 Å². The number of carbonyl (C=O) groups is 5. The first kappa shape index (κ1) is 39.9. The fourth-order valence-corrected chi connectivity index (χ4v) is 11.5. The Labute approximate surface area is 307 Å². The predicted molar refractivity (Wildman–Crippen MR) is 199 cm³/mol. The van der Waals surface area contributed by atoms with Crippen LogP contribution in [-0.2, 0) is 24.0 Å². The SMILES string of the molecule is CCC[C@@H](CC(=O)[C@@H]1C[C@]2(CN1C(=O)[C@H](CC(=O)[C@@H](NC(=O)[C@H]1CCCCN1C(C)C)C1CCCCC1)C(C)(C)C)C(C)(C)C21CCC1)C(=O)O. The lowest BCUT2D eigenvalue weighted by Crippen LogP contribution is -2.57.